The van der Waals surface area contributed by atoms with Crippen molar-refractivity contribution in [1.29, 1.82) is 0 Å². The van der Waals surface area contributed by atoms with Gasteiger partial charge in [0.15, 0.2) is 11.0 Å². The molecule has 1 aromatic heterocycles. The first kappa shape index (κ1) is 25.3. The van der Waals surface area contributed by atoms with Crippen molar-refractivity contribution in [2.24, 2.45) is 5.92 Å². The van der Waals surface area contributed by atoms with Gasteiger partial charge in [0, 0.05) is 24.8 Å². The Hall–Kier alpha value is -3.33. The number of benzene rings is 2. The van der Waals surface area contributed by atoms with E-state index in [9.17, 15) is 9.59 Å². The molecule has 2 aromatic carbocycles. The van der Waals surface area contributed by atoms with E-state index < -0.39 is 0 Å². The molecule has 0 saturated heterocycles. The maximum absolute atomic E-state index is 12.8. The molecule has 0 fully saturated rings. The predicted molar refractivity (Wildman–Crippen MR) is 135 cm³/mol. The van der Waals surface area contributed by atoms with Crippen LogP contribution >= 0.6 is 11.8 Å². The number of amides is 2. The summed E-state index contributed by atoms with van der Waals surface area (Å²) in [4.78, 5) is 24.0. The van der Waals surface area contributed by atoms with Crippen LogP contribution < -0.4 is 15.4 Å². The normalized spacial score (nSPS) is 11.8. The maximum atomic E-state index is 12.8. The molecule has 1 atom stereocenters. The fourth-order valence-corrected chi connectivity index (χ4v) is 3.98. The topological polar surface area (TPSA) is 98.1 Å². The van der Waals surface area contributed by atoms with Crippen LogP contribution in [0.4, 0.5) is 11.4 Å². The van der Waals surface area contributed by atoms with Crippen LogP contribution in [0, 0.1) is 5.92 Å². The summed E-state index contributed by atoms with van der Waals surface area (Å²) < 4.78 is 7.92. The van der Waals surface area contributed by atoms with Crippen LogP contribution in [0.3, 0.4) is 0 Å². The summed E-state index contributed by atoms with van der Waals surface area (Å²) >= 11 is 1.37. The van der Waals surface area contributed by atoms with Crippen LogP contribution in [0.2, 0.25) is 0 Å². The molecule has 2 N–H and O–H groups in total. The number of carbonyl (C=O) groups is 2. The molecule has 0 aliphatic carbocycles. The van der Waals surface area contributed by atoms with Gasteiger partial charge in [-0.3, -0.25) is 9.59 Å². The second kappa shape index (κ2) is 12.2. The van der Waals surface area contributed by atoms with Crippen molar-refractivity contribution in [1.82, 2.24) is 14.8 Å². The summed E-state index contributed by atoms with van der Waals surface area (Å²) in [5.41, 5.74) is 1.33. The molecule has 0 saturated carbocycles. The van der Waals surface area contributed by atoms with Crippen LogP contribution in [-0.2, 0) is 22.7 Å². The quantitative estimate of drug-likeness (QED) is 0.375. The number of nitrogens with zero attached hydrogens (tertiary/aromatic N) is 3. The molecule has 0 radical (unpaired) electrons. The molecule has 0 aliphatic rings. The van der Waals surface area contributed by atoms with Gasteiger partial charge < -0.3 is 19.9 Å². The minimum absolute atomic E-state index is 0.141. The Morgan fingerprint density at radius 3 is 2.24 bits per heavy atom. The Balaban J connectivity index is 1.65. The third-order valence-electron chi connectivity index (χ3n) is 4.96. The van der Waals surface area contributed by atoms with Gasteiger partial charge in [0.25, 0.3) is 0 Å². The van der Waals surface area contributed by atoms with Gasteiger partial charge >= 0.3 is 0 Å². The molecule has 9 heteroatoms. The highest BCUT2D eigenvalue weighted by Crippen LogP contribution is 2.25. The Bertz CT molecular complexity index is 1080. The number of ether oxygens (including phenoxy) is 1. The van der Waals surface area contributed by atoms with Crippen molar-refractivity contribution in [2.75, 3.05) is 10.6 Å². The number of para-hydroxylation sites is 1. The lowest BCUT2D eigenvalue weighted by molar-refractivity contribution is -0.115. The lowest BCUT2D eigenvalue weighted by Gasteiger charge is -2.15. The number of hydrogen-bond donors (Lipinski definition) is 2. The lowest BCUT2D eigenvalue weighted by Crippen LogP contribution is -2.23. The minimum Gasteiger partial charge on any atom is -0.486 e. The number of nitrogens with one attached hydrogen (secondary N) is 2. The molecular formula is C25H31N5O3S. The molecular weight excluding hydrogens is 450 g/mol. The highest BCUT2D eigenvalue weighted by atomic mass is 32.2. The van der Waals surface area contributed by atoms with E-state index in [1.807, 2.05) is 41.8 Å². The zero-order chi connectivity index (χ0) is 24.5. The molecule has 0 bridgehead atoms. The van der Waals surface area contributed by atoms with Crippen LogP contribution in [0.15, 0.2) is 59.8 Å². The van der Waals surface area contributed by atoms with Gasteiger partial charge in [0.05, 0.1) is 5.25 Å². The smallest absolute Gasteiger partial charge is 0.237 e. The van der Waals surface area contributed by atoms with Crippen molar-refractivity contribution < 1.29 is 14.3 Å². The van der Waals surface area contributed by atoms with Gasteiger partial charge in [-0.1, -0.05) is 43.8 Å². The highest BCUT2D eigenvalue weighted by Gasteiger charge is 2.21. The lowest BCUT2D eigenvalue weighted by atomic mass is 10.1. The zero-order valence-corrected chi connectivity index (χ0v) is 20.8. The minimum atomic E-state index is -0.389. The Kier molecular flexibility index (Phi) is 9.09. The van der Waals surface area contributed by atoms with Gasteiger partial charge in [0.1, 0.15) is 12.4 Å². The van der Waals surface area contributed by atoms with E-state index in [1.165, 1.54) is 18.7 Å². The standard InChI is InChI=1S/C25H31N5O3S/c1-17(2)14-15-30-23(16-33-22-8-6-5-7-9-22)28-29-25(30)34-18(3)24(32)27-21-12-10-20(11-13-21)26-19(4)31/h5-13,17-18H,14-16H2,1-4H3,(H,26,31)(H,27,32). The molecule has 3 aromatic rings. The van der Waals surface area contributed by atoms with E-state index in [4.69, 9.17) is 4.74 Å². The zero-order valence-electron chi connectivity index (χ0n) is 19.9. The summed E-state index contributed by atoms with van der Waals surface area (Å²) in [6.45, 7) is 8.69. The Morgan fingerprint density at radius 1 is 0.971 bits per heavy atom. The second-order valence-electron chi connectivity index (χ2n) is 8.34. The summed E-state index contributed by atoms with van der Waals surface area (Å²) in [6, 6.07) is 16.6. The van der Waals surface area contributed by atoms with Crippen molar-refractivity contribution in [3.8, 4) is 5.75 Å². The molecule has 2 amide bonds. The van der Waals surface area contributed by atoms with Gasteiger partial charge in [-0.05, 0) is 55.7 Å². The molecule has 0 aliphatic heterocycles. The second-order valence-corrected chi connectivity index (χ2v) is 9.65. The van der Waals surface area contributed by atoms with E-state index >= 15 is 0 Å². The Morgan fingerprint density at radius 2 is 1.62 bits per heavy atom. The first-order valence-electron chi connectivity index (χ1n) is 11.3. The van der Waals surface area contributed by atoms with E-state index in [0.717, 1.165) is 24.5 Å². The fraction of sp³-hybridized carbons (Fsp3) is 0.360. The Labute approximate surface area is 204 Å². The number of rotatable bonds is 11. The summed E-state index contributed by atoms with van der Waals surface area (Å²) in [7, 11) is 0. The van der Waals surface area contributed by atoms with E-state index in [0.29, 0.717) is 29.1 Å². The molecule has 34 heavy (non-hydrogen) atoms. The van der Waals surface area contributed by atoms with E-state index in [-0.39, 0.29) is 17.1 Å². The first-order valence-corrected chi connectivity index (χ1v) is 12.1. The maximum Gasteiger partial charge on any atom is 0.237 e. The molecule has 0 spiro atoms. The monoisotopic (exact) mass is 481 g/mol. The average Bonchev–Trinajstić information content (AvgIpc) is 3.19. The van der Waals surface area contributed by atoms with E-state index in [1.54, 1.807) is 24.3 Å². The van der Waals surface area contributed by atoms with Crippen molar-refractivity contribution in [2.45, 2.75) is 57.7 Å². The number of carbonyl (C=O) groups excluding carboxylic acids is 2. The van der Waals surface area contributed by atoms with Crippen molar-refractivity contribution in [3.63, 3.8) is 0 Å². The van der Waals surface area contributed by atoms with Crippen LogP contribution in [0.1, 0.15) is 39.9 Å². The first-order chi connectivity index (χ1) is 16.3. The molecule has 1 heterocycles. The third kappa shape index (κ3) is 7.62. The number of anilines is 2. The van der Waals surface area contributed by atoms with E-state index in [2.05, 4.69) is 34.7 Å². The molecule has 3 rings (SSSR count). The summed E-state index contributed by atoms with van der Waals surface area (Å²) in [6.07, 6.45) is 0.963. The fourth-order valence-electron chi connectivity index (χ4n) is 3.09. The van der Waals surface area contributed by atoms with Gasteiger partial charge in [-0.2, -0.15) is 0 Å². The number of hydrogen-bond acceptors (Lipinski definition) is 6. The van der Waals surface area contributed by atoms with Crippen molar-refractivity contribution in [3.05, 3.63) is 60.4 Å². The average molecular weight is 482 g/mol. The highest BCUT2D eigenvalue weighted by molar-refractivity contribution is 8.00. The molecule has 1 unspecified atom stereocenters. The summed E-state index contributed by atoms with van der Waals surface area (Å²) in [5, 5.41) is 14.6. The van der Waals surface area contributed by atoms with Crippen LogP contribution in [0.25, 0.3) is 0 Å². The van der Waals surface area contributed by atoms with Gasteiger partial charge in [-0.15, -0.1) is 10.2 Å². The predicted octanol–water partition coefficient (Wildman–Crippen LogP) is 4.98. The third-order valence-corrected chi connectivity index (χ3v) is 6.04. The molecule has 180 valence electrons. The van der Waals surface area contributed by atoms with Crippen LogP contribution in [-0.4, -0.2) is 31.8 Å². The summed E-state index contributed by atoms with van der Waals surface area (Å²) in [5.74, 6) is 1.74. The van der Waals surface area contributed by atoms with Gasteiger partial charge in [0.2, 0.25) is 11.8 Å². The number of thioether (sulfide) groups is 1. The molecule has 8 nitrogen and oxygen atoms in total. The van der Waals surface area contributed by atoms with Gasteiger partial charge in [-0.25, -0.2) is 0 Å². The number of aromatic nitrogens is 3. The SMILES string of the molecule is CC(=O)Nc1ccc(NC(=O)C(C)Sc2nnc(COc3ccccc3)n2CCC(C)C)cc1. The van der Waals surface area contributed by atoms with Crippen LogP contribution in [0.5, 0.6) is 5.75 Å². The largest absolute Gasteiger partial charge is 0.486 e. The van der Waals surface area contributed by atoms with Crippen molar-refractivity contribution >= 4 is 35.0 Å².